The van der Waals surface area contributed by atoms with Gasteiger partial charge in [-0.1, -0.05) is 24.3 Å². The molecule has 1 atom stereocenters. The summed E-state index contributed by atoms with van der Waals surface area (Å²) in [6.07, 6.45) is 5.96. The summed E-state index contributed by atoms with van der Waals surface area (Å²) in [4.78, 5) is 8.92. The van der Waals surface area contributed by atoms with Gasteiger partial charge in [-0.3, -0.25) is 0 Å². The molecular formula is C19H19N3O2S. The molecule has 1 aromatic heterocycles. The molecule has 5 nitrogen and oxygen atoms in total. The van der Waals surface area contributed by atoms with E-state index in [0.717, 1.165) is 30.2 Å². The van der Waals surface area contributed by atoms with Gasteiger partial charge in [-0.15, -0.1) is 0 Å². The fraction of sp³-hybridized carbons (Fsp3) is 0.263. The van der Waals surface area contributed by atoms with Gasteiger partial charge in [-0.05, 0) is 48.6 Å². The second kappa shape index (κ2) is 6.11. The topological polar surface area (TPSA) is 72.0 Å². The zero-order chi connectivity index (χ0) is 17.4. The largest absolute Gasteiger partial charge is 0.363 e. The van der Waals surface area contributed by atoms with Gasteiger partial charge in [-0.2, -0.15) is 0 Å². The summed E-state index contributed by atoms with van der Waals surface area (Å²) in [6, 6.07) is 13.6. The average Bonchev–Trinajstić information content (AvgIpc) is 2.61. The van der Waals surface area contributed by atoms with E-state index in [0.29, 0.717) is 5.82 Å². The Morgan fingerprint density at radius 2 is 1.96 bits per heavy atom. The molecule has 1 N–H and O–H groups in total. The van der Waals surface area contributed by atoms with Gasteiger partial charge in [0.2, 0.25) is 0 Å². The molecule has 2 aromatic carbocycles. The van der Waals surface area contributed by atoms with Crippen molar-refractivity contribution in [2.24, 2.45) is 0 Å². The van der Waals surface area contributed by atoms with Gasteiger partial charge in [0.25, 0.3) is 0 Å². The van der Waals surface area contributed by atoms with E-state index in [1.807, 2.05) is 0 Å². The molecule has 0 aliphatic heterocycles. The molecule has 0 amide bonds. The summed E-state index contributed by atoms with van der Waals surface area (Å²) in [6.45, 7) is 0. The van der Waals surface area contributed by atoms with Crippen molar-refractivity contribution in [1.29, 1.82) is 0 Å². The lowest BCUT2D eigenvalue weighted by Crippen LogP contribution is -2.18. The standard InChI is InChI=1S/C19H19N3O2S/c1-25(23,24)14-9-10-17-16(11-14)19(21-12-20-17)22-18-8-4-6-13-5-2-3-7-15(13)18/h2-3,5,7,9-12,18H,4,6,8H2,1H3,(H,20,21,22)/t18-/m0/s1. The van der Waals surface area contributed by atoms with Gasteiger partial charge in [0.05, 0.1) is 16.5 Å². The second-order valence-electron chi connectivity index (χ2n) is 6.46. The van der Waals surface area contributed by atoms with Gasteiger partial charge in [0.1, 0.15) is 12.1 Å². The van der Waals surface area contributed by atoms with Crippen LogP contribution in [0, 0.1) is 0 Å². The quantitative estimate of drug-likeness (QED) is 0.780. The van der Waals surface area contributed by atoms with Crippen LogP contribution >= 0.6 is 0 Å². The molecule has 1 aliphatic rings. The van der Waals surface area contributed by atoms with E-state index >= 15 is 0 Å². The van der Waals surface area contributed by atoms with Crippen molar-refractivity contribution in [3.8, 4) is 0 Å². The molecule has 1 aliphatic carbocycles. The minimum Gasteiger partial charge on any atom is -0.363 e. The Kier molecular flexibility index (Phi) is 3.92. The molecule has 6 heteroatoms. The maximum absolute atomic E-state index is 11.9. The smallest absolute Gasteiger partial charge is 0.175 e. The zero-order valence-electron chi connectivity index (χ0n) is 13.9. The Balaban J connectivity index is 1.78. The van der Waals surface area contributed by atoms with Crippen LogP contribution in [0.15, 0.2) is 53.7 Å². The van der Waals surface area contributed by atoms with Crippen molar-refractivity contribution >= 4 is 26.6 Å². The van der Waals surface area contributed by atoms with Gasteiger partial charge in [-0.25, -0.2) is 18.4 Å². The first kappa shape index (κ1) is 16.0. The molecule has 0 bridgehead atoms. The molecule has 0 saturated heterocycles. The van der Waals surface area contributed by atoms with E-state index in [4.69, 9.17) is 0 Å². The highest BCUT2D eigenvalue weighted by molar-refractivity contribution is 7.90. The van der Waals surface area contributed by atoms with Gasteiger partial charge < -0.3 is 5.32 Å². The lowest BCUT2D eigenvalue weighted by Gasteiger charge is -2.27. The number of hydrogen-bond acceptors (Lipinski definition) is 5. The monoisotopic (exact) mass is 353 g/mol. The molecule has 0 spiro atoms. The van der Waals surface area contributed by atoms with E-state index in [2.05, 4.69) is 39.6 Å². The lowest BCUT2D eigenvalue weighted by atomic mass is 9.88. The van der Waals surface area contributed by atoms with Crippen LogP contribution in [0.25, 0.3) is 10.9 Å². The Morgan fingerprint density at radius 1 is 1.12 bits per heavy atom. The van der Waals surface area contributed by atoms with Crippen molar-refractivity contribution in [1.82, 2.24) is 9.97 Å². The Hall–Kier alpha value is -2.47. The van der Waals surface area contributed by atoms with E-state index in [-0.39, 0.29) is 10.9 Å². The number of anilines is 1. The maximum atomic E-state index is 11.9. The van der Waals surface area contributed by atoms with E-state index in [1.165, 1.54) is 23.7 Å². The van der Waals surface area contributed by atoms with Gasteiger partial charge in [0.15, 0.2) is 9.84 Å². The Morgan fingerprint density at radius 3 is 2.80 bits per heavy atom. The molecule has 0 saturated carbocycles. The summed E-state index contributed by atoms with van der Waals surface area (Å²) >= 11 is 0. The van der Waals surface area contributed by atoms with Crippen molar-refractivity contribution in [3.63, 3.8) is 0 Å². The maximum Gasteiger partial charge on any atom is 0.175 e. The van der Waals surface area contributed by atoms with Crippen LogP contribution in [-0.4, -0.2) is 24.6 Å². The number of aromatic nitrogens is 2. The number of aryl methyl sites for hydroxylation is 1. The minimum absolute atomic E-state index is 0.171. The SMILES string of the molecule is CS(=O)(=O)c1ccc2ncnc(N[C@H]3CCCc4ccccc43)c2c1. The van der Waals surface area contributed by atoms with E-state index in [1.54, 1.807) is 18.2 Å². The predicted octanol–water partition coefficient (Wildman–Crippen LogP) is 3.52. The van der Waals surface area contributed by atoms with Crippen LogP contribution in [0.3, 0.4) is 0 Å². The highest BCUT2D eigenvalue weighted by atomic mass is 32.2. The van der Waals surface area contributed by atoms with Gasteiger partial charge in [0, 0.05) is 11.6 Å². The zero-order valence-corrected chi connectivity index (χ0v) is 14.8. The highest BCUT2D eigenvalue weighted by Gasteiger charge is 2.21. The first-order valence-electron chi connectivity index (χ1n) is 8.31. The molecule has 0 radical (unpaired) electrons. The summed E-state index contributed by atoms with van der Waals surface area (Å²) in [7, 11) is -3.28. The third-order valence-electron chi connectivity index (χ3n) is 4.72. The molecule has 4 rings (SSSR count). The van der Waals surface area contributed by atoms with E-state index in [9.17, 15) is 8.42 Å². The Labute approximate surface area is 147 Å². The number of rotatable bonds is 3. The summed E-state index contributed by atoms with van der Waals surface area (Å²) in [5.74, 6) is 0.678. The van der Waals surface area contributed by atoms with Gasteiger partial charge >= 0.3 is 0 Å². The molecule has 25 heavy (non-hydrogen) atoms. The number of nitrogens with one attached hydrogen (secondary N) is 1. The molecule has 128 valence electrons. The van der Waals surface area contributed by atoms with Crippen molar-refractivity contribution in [2.45, 2.75) is 30.2 Å². The van der Waals surface area contributed by atoms with Crippen LogP contribution in [0.5, 0.6) is 0 Å². The third kappa shape index (κ3) is 3.09. The lowest BCUT2D eigenvalue weighted by molar-refractivity contribution is 0.599. The predicted molar refractivity (Wildman–Crippen MR) is 98.4 cm³/mol. The first-order valence-corrected chi connectivity index (χ1v) is 10.2. The fourth-order valence-electron chi connectivity index (χ4n) is 3.45. The first-order chi connectivity index (χ1) is 12.0. The molecule has 0 fully saturated rings. The fourth-order valence-corrected chi connectivity index (χ4v) is 4.10. The second-order valence-corrected chi connectivity index (χ2v) is 8.48. The number of hydrogen-bond donors (Lipinski definition) is 1. The third-order valence-corrected chi connectivity index (χ3v) is 5.83. The Bertz CT molecular complexity index is 1050. The number of sulfone groups is 1. The summed E-state index contributed by atoms with van der Waals surface area (Å²) < 4.78 is 23.8. The molecular weight excluding hydrogens is 334 g/mol. The molecule has 0 unspecified atom stereocenters. The minimum atomic E-state index is -3.28. The number of benzene rings is 2. The summed E-state index contributed by atoms with van der Waals surface area (Å²) in [5.41, 5.74) is 3.38. The van der Waals surface area contributed by atoms with Crippen LogP contribution in [0.2, 0.25) is 0 Å². The van der Waals surface area contributed by atoms with Crippen LogP contribution < -0.4 is 5.32 Å². The van der Waals surface area contributed by atoms with Crippen molar-refractivity contribution in [3.05, 3.63) is 59.9 Å². The number of nitrogens with zero attached hydrogens (tertiary/aromatic N) is 2. The average molecular weight is 353 g/mol. The molecule has 1 heterocycles. The van der Waals surface area contributed by atoms with Crippen molar-refractivity contribution < 1.29 is 8.42 Å². The van der Waals surface area contributed by atoms with Crippen LogP contribution in [0.1, 0.15) is 30.0 Å². The number of fused-ring (bicyclic) bond motifs is 2. The molecule has 3 aromatic rings. The van der Waals surface area contributed by atoms with Crippen LogP contribution in [-0.2, 0) is 16.3 Å². The van der Waals surface area contributed by atoms with E-state index < -0.39 is 9.84 Å². The van der Waals surface area contributed by atoms with Crippen LogP contribution in [0.4, 0.5) is 5.82 Å². The highest BCUT2D eigenvalue weighted by Crippen LogP contribution is 2.33. The normalized spacial score (nSPS) is 17.2. The summed E-state index contributed by atoms with van der Waals surface area (Å²) in [5, 5.41) is 4.24. The van der Waals surface area contributed by atoms with Crippen molar-refractivity contribution in [2.75, 3.05) is 11.6 Å².